The molecule has 0 saturated carbocycles. The lowest BCUT2D eigenvalue weighted by molar-refractivity contribution is -0.138. The molecule has 140 valence electrons. The average molecular weight is 385 g/mol. The number of amides is 2. The minimum atomic E-state index is -0.500. The quantitative estimate of drug-likeness (QED) is 0.487. The second-order valence-electron chi connectivity index (χ2n) is 6.09. The van der Waals surface area contributed by atoms with Gasteiger partial charge in [-0.2, -0.15) is 0 Å². The zero-order valence-electron chi connectivity index (χ0n) is 14.9. The molecule has 1 N–H and O–H groups in total. The predicted molar refractivity (Wildman–Crippen MR) is 106 cm³/mol. The Balaban J connectivity index is 1.59. The topological polar surface area (TPSA) is 61.8 Å². The number of carbonyl (C=O) groups is 2. The van der Waals surface area contributed by atoms with E-state index < -0.39 is 5.25 Å². The lowest BCUT2D eigenvalue weighted by Gasteiger charge is -2.15. The van der Waals surface area contributed by atoms with Crippen LogP contribution in [0, 0.1) is 5.82 Å². The van der Waals surface area contributed by atoms with Crippen molar-refractivity contribution in [2.75, 3.05) is 18.9 Å². The number of rotatable bonds is 5. The number of hydrogen-bond acceptors (Lipinski definition) is 4. The van der Waals surface area contributed by atoms with E-state index in [1.54, 1.807) is 19.2 Å². The number of thioether (sulfide) groups is 1. The first-order chi connectivity index (χ1) is 13.1. The van der Waals surface area contributed by atoms with E-state index in [2.05, 4.69) is 10.3 Å². The van der Waals surface area contributed by atoms with E-state index in [1.807, 2.05) is 30.3 Å². The van der Waals surface area contributed by atoms with E-state index in [0.717, 1.165) is 5.56 Å². The second kappa shape index (κ2) is 8.81. The van der Waals surface area contributed by atoms with Crippen molar-refractivity contribution >= 4 is 34.4 Å². The van der Waals surface area contributed by atoms with Gasteiger partial charge in [-0.05, 0) is 36.2 Å². The summed E-state index contributed by atoms with van der Waals surface area (Å²) in [6.45, 7) is 0.378. The Hall–Kier alpha value is -2.67. The van der Waals surface area contributed by atoms with E-state index >= 15 is 0 Å². The summed E-state index contributed by atoms with van der Waals surface area (Å²) in [5.74, 6) is -0.678. The number of nitrogens with one attached hydrogen (secondary N) is 1. The van der Waals surface area contributed by atoms with Gasteiger partial charge in [-0.1, -0.05) is 42.1 Å². The van der Waals surface area contributed by atoms with Crippen molar-refractivity contribution in [1.82, 2.24) is 4.90 Å². The van der Waals surface area contributed by atoms with Crippen molar-refractivity contribution in [3.63, 3.8) is 0 Å². The van der Waals surface area contributed by atoms with Gasteiger partial charge >= 0.3 is 0 Å². The van der Waals surface area contributed by atoms with Crippen LogP contribution in [0.2, 0.25) is 0 Å². The highest BCUT2D eigenvalue weighted by molar-refractivity contribution is 8.15. The fourth-order valence-corrected chi connectivity index (χ4v) is 3.80. The minimum Gasteiger partial charge on any atom is -0.335 e. The molecule has 0 bridgehead atoms. The van der Waals surface area contributed by atoms with Gasteiger partial charge in [0.25, 0.3) is 0 Å². The van der Waals surface area contributed by atoms with Crippen molar-refractivity contribution in [2.24, 2.45) is 4.99 Å². The van der Waals surface area contributed by atoms with Gasteiger partial charge in [0.2, 0.25) is 11.8 Å². The van der Waals surface area contributed by atoms with Crippen molar-refractivity contribution in [2.45, 2.75) is 18.1 Å². The SMILES string of the molecule is CN=C(Nc1ccc(F)cc1)SC1CC(=O)N(CCc2ccccc2)C1=O. The number of aliphatic imine (C=N–C) groups is 1. The molecule has 0 aliphatic carbocycles. The predicted octanol–water partition coefficient (Wildman–Crippen LogP) is 3.33. The molecule has 2 amide bonds. The first-order valence-corrected chi connectivity index (χ1v) is 9.49. The molecule has 0 aromatic heterocycles. The number of carbonyl (C=O) groups excluding carboxylic acids is 2. The summed E-state index contributed by atoms with van der Waals surface area (Å²) in [4.78, 5) is 30.4. The molecule has 1 saturated heterocycles. The lowest BCUT2D eigenvalue weighted by atomic mass is 10.1. The maximum Gasteiger partial charge on any atom is 0.243 e. The molecule has 27 heavy (non-hydrogen) atoms. The van der Waals surface area contributed by atoms with Gasteiger partial charge in [0.15, 0.2) is 5.17 Å². The monoisotopic (exact) mass is 385 g/mol. The van der Waals surface area contributed by atoms with E-state index in [0.29, 0.717) is 23.8 Å². The van der Waals surface area contributed by atoms with Crippen LogP contribution in [0.25, 0.3) is 0 Å². The summed E-state index contributed by atoms with van der Waals surface area (Å²) in [6.07, 6.45) is 0.792. The summed E-state index contributed by atoms with van der Waals surface area (Å²) in [5, 5.41) is 3.07. The third-order valence-electron chi connectivity index (χ3n) is 4.22. The van der Waals surface area contributed by atoms with E-state index in [-0.39, 0.29) is 24.1 Å². The summed E-state index contributed by atoms with van der Waals surface area (Å²) in [5.41, 5.74) is 1.75. The van der Waals surface area contributed by atoms with Gasteiger partial charge < -0.3 is 5.32 Å². The van der Waals surface area contributed by atoms with Crippen LogP contribution in [0.15, 0.2) is 59.6 Å². The Morgan fingerprint density at radius 3 is 2.56 bits per heavy atom. The molecular formula is C20H20FN3O2S. The number of amidine groups is 1. The number of benzene rings is 2. The molecule has 1 unspecified atom stereocenters. The fourth-order valence-electron chi connectivity index (χ4n) is 2.79. The number of anilines is 1. The second-order valence-corrected chi connectivity index (χ2v) is 7.28. The molecule has 3 rings (SSSR count). The van der Waals surface area contributed by atoms with Crippen LogP contribution in [0.1, 0.15) is 12.0 Å². The highest BCUT2D eigenvalue weighted by atomic mass is 32.2. The Morgan fingerprint density at radius 1 is 1.19 bits per heavy atom. The Labute approximate surface area is 161 Å². The maximum atomic E-state index is 13.0. The molecule has 2 aromatic rings. The standard InChI is InChI=1S/C20H20FN3O2S/c1-22-20(23-16-9-7-15(21)8-10-16)27-17-13-18(25)24(19(17)26)12-11-14-5-3-2-4-6-14/h2-10,17H,11-13H2,1H3,(H,22,23). The van der Waals surface area contributed by atoms with Crippen LogP contribution in [0.4, 0.5) is 10.1 Å². The van der Waals surface area contributed by atoms with Crippen molar-refractivity contribution in [3.05, 3.63) is 66.0 Å². The number of imide groups is 1. The Kier molecular flexibility index (Phi) is 6.24. The Bertz CT molecular complexity index is 840. The summed E-state index contributed by atoms with van der Waals surface area (Å²) >= 11 is 1.22. The van der Waals surface area contributed by atoms with Crippen LogP contribution >= 0.6 is 11.8 Å². The van der Waals surface area contributed by atoms with Gasteiger partial charge in [0, 0.05) is 25.7 Å². The van der Waals surface area contributed by atoms with Crippen LogP contribution in [0.3, 0.4) is 0 Å². The van der Waals surface area contributed by atoms with Crippen molar-refractivity contribution in [3.8, 4) is 0 Å². The van der Waals surface area contributed by atoms with E-state index in [4.69, 9.17) is 0 Å². The highest BCUT2D eigenvalue weighted by Gasteiger charge is 2.39. The molecule has 5 nitrogen and oxygen atoms in total. The molecule has 0 radical (unpaired) electrons. The molecule has 0 spiro atoms. The van der Waals surface area contributed by atoms with Crippen LogP contribution in [0.5, 0.6) is 0 Å². The van der Waals surface area contributed by atoms with Gasteiger partial charge in [-0.3, -0.25) is 19.5 Å². The average Bonchev–Trinajstić information content (AvgIpc) is 2.95. The van der Waals surface area contributed by atoms with E-state index in [1.165, 1.54) is 28.8 Å². The van der Waals surface area contributed by atoms with Gasteiger partial charge in [-0.15, -0.1) is 0 Å². The van der Waals surface area contributed by atoms with E-state index in [9.17, 15) is 14.0 Å². The molecule has 1 fully saturated rings. The molecule has 2 aromatic carbocycles. The maximum absolute atomic E-state index is 13.0. The largest absolute Gasteiger partial charge is 0.335 e. The first kappa shape index (κ1) is 19.1. The third-order valence-corrected chi connectivity index (χ3v) is 5.38. The summed E-state index contributed by atoms with van der Waals surface area (Å²) < 4.78 is 13.0. The van der Waals surface area contributed by atoms with Gasteiger partial charge in [-0.25, -0.2) is 4.39 Å². The van der Waals surface area contributed by atoms with Gasteiger partial charge in [0.05, 0.1) is 0 Å². The molecule has 1 aliphatic rings. The Morgan fingerprint density at radius 2 is 1.89 bits per heavy atom. The molecule has 1 heterocycles. The lowest BCUT2D eigenvalue weighted by Crippen LogP contribution is -2.33. The zero-order valence-corrected chi connectivity index (χ0v) is 15.7. The van der Waals surface area contributed by atoms with Crippen molar-refractivity contribution in [1.29, 1.82) is 0 Å². The number of nitrogens with zero attached hydrogens (tertiary/aromatic N) is 2. The number of likely N-dealkylation sites (tertiary alicyclic amines) is 1. The molecule has 7 heteroatoms. The molecular weight excluding hydrogens is 365 g/mol. The minimum absolute atomic E-state index is 0.155. The van der Waals surface area contributed by atoms with Crippen LogP contribution in [-0.2, 0) is 16.0 Å². The summed E-state index contributed by atoms with van der Waals surface area (Å²) in [6, 6.07) is 15.6. The molecule has 1 atom stereocenters. The molecule has 1 aliphatic heterocycles. The smallest absolute Gasteiger partial charge is 0.243 e. The third kappa shape index (κ3) is 4.95. The first-order valence-electron chi connectivity index (χ1n) is 8.61. The zero-order chi connectivity index (χ0) is 19.2. The van der Waals surface area contributed by atoms with Crippen molar-refractivity contribution < 1.29 is 14.0 Å². The van der Waals surface area contributed by atoms with Gasteiger partial charge in [0.1, 0.15) is 11.1 Å². The number of hydrogen-bond donors (Lipinski definition) is 1. The number of halogens is 1. The normalized spacial score (nSPS) is 17.5. The highest BCUT2D eigenvalue weighted by Crippen LogP contribution is 2.27. The summed E-state index contributed by atoms with van der Waals surface area (Å²) in [7, 11) is 1.60. The van der Waals surface area contributed by atoms with Crippen LogP contribution < -0.4 is 5.32 Å². The van der Waals surface area contributed by atoms with Crippen LogP contribution in [-0.4, -0.2) is 40.7 Å². The fraction of sp³-hybridized carbons (Fsp3) is 0.250.